The van der Waals surface area contributed by atoms with Crippen LogP contribution in [0.25, 0.3) is 0 Å². The fourth-order valence-corrected chi connectivity index (χ4v) is 5.65. The van der Waals surface area contributed by atoms with E-state index in [0.717, 1.165) is 74.3 Å². The monoisotopic (exact) mass is 440 g/mol. The van der Waals surface area contributed by atoms with Crippen molar-refractivity contribution in [3.8, 4) is 12.3 Å². The summed E-state index contributed by atoms with van der Waals surface area (Å²) < 4.78 is 0. The van der Waals surface area contributed by atoms with Crippen LogP contribution in [-0.2, 0) is 4.79 Å². The minimum Gasteiger partial charge on any atom is -0.465 e. The molecule has 1 saturated carbocycles. The third-order valence-corrected chi connectivity index (χ3v) is 7.36. The number of nitrogens with zero attached hydrogens (tertiary/aromatic N) is 4. The number of piperidine rings is 1. The van der Waals surface area contributed by atoms with Crippen LogP contribution in [0.3, 0.4) is 0 Å². The van der Waals surface area contributed by atoms with Crippen LogP contribution in [0.4, 0.5) is 16.3 Å². The van der Waals surface area contributed by atoms with Gasteiger partial charge in [0.15, 0.2) is 0 Å². The SMILES string of the molecule is C#CCN(C(=O)O)c1cnc(N2CCC[C@@]3(CCN(C4CCC(O)CC4)C3=O)C2)c(C)c1. The summed E-state index contributed by atoms with van der Waals surface area (Å²) in [6.45, 7) is 4.13. The predicted octanol–water partition coefficient (Wildman–Crippen LogP) is 2.63. The first kappa shape index (κ1) is 22.4. The zero-order valence-corrected chi connectivity index (χ0v) is 18.7. The molecule has 0 aromatic carbocycles. The van der Waals surface area contributed by atoms with Crippen molar-refractivity contribution in [3.63, 3.8) is 0 Å². The van der Waals surface area contributed by atoms with E-state index in [-0.39, 0.29) is 30.0 Å². The van der Waals surface area contributed by atoms with E-state index in [0.29, 0.717) is 12.2 Å². The molecule has 2 amide bonds. The lowest BCUT2D eigenvalue weighted by molar-refractivity contribution is -0.139. The van der Waals surface area contributed by atoms with Gasteiger partial charge in [0.1, 0.15) is 5.82 Å². The van der Waals surface area contributed by atoms with Gasteiger partial charge in [-0.25, -0.2) is 9.78 Å². The molecule has 8 nitrogen and oxygen atoms in total. The summed E-state index contributed by atoms with van der Waals surface area (Å²) in [6, 6.07) is 2.04. The summed E-state index contributed by atoms with van der Waals surface area (Å²) >= 11 is 0. The van der Waals surface area contributed by atoms with E-state index in [2.05, 4.69) is 20.7 Å². The second kappa shape index (κ2) is 8.99. The normalized spacial score (nSPS) is 28.1. The number of rotatable bonds is 4. The molecular formula is C24H32N4O4. The van der Waals surface area contributed by atoms with Gasteiger partial charge in [0, 0.05) is 25.7 Å². The second-order valence-corrected chi connectivity index (χ2v) is 9.42. The van der Waals surface area contributed by atoms with Gasteiger partial charge in [0.25, 0.3) is 0 Å². The zero-order chi connectivity index (χ0) is 22.9. The van der Waals surface area contributed by atoms with E-state index < -0.39 is 6.09 Å². The number of amides is 2. The van der Waals surface area contributed by atoms with E-state index in [1.54, 1.807) is 12.3 Å². The van der Waals surface area contributed by atoms with Crippen molar-refractivity contribution >= 4 is 23.5 Å². The Kier molecular flexibility index (Phi) is 6.29. The number of likely N-dealkylation sites (tertiary alicyclic amines) is 1. The summed E-state index contributed by atoms with van der Waals surface area (Å²) in [5.74, 6) is 3.42. The smallest absolute Gasteiger partial charge is 0.412 e. The van der Waals surface area contributed by atoms with Gasteiger partial charge in [-0.2, -0.15) is 0 Å². The van der Waals surface area contributed by atoms with Crippen LogP contribution in [0.15, 0.2) is 12.3 Å². The van der Waals surface area contributed by atoms with Gasteiger partial charge in [-0.3, -0.25) is 9.69 Å². The van der Waals surface area contributed by atoms with E-state index in [9.17, 15) is 19.8 Å². The molecule has 0 unspecified atom stereocenters. The molecule has 172 valence electrons. The van der Waals surface area contributed by atoms with Crippen LogP contribution in [0.1, 0.15) is 50.5 Å². The second-order valence-electron chi connectivity index (χ2n) is 9.42. The number of anilines is 2. The number of pyridine rings is 1. The molecule has 3 fully saturated rings. The molecule has 3 aliphatic rings. The Balaban J connectivity index is 1.50. The van der Waals surface area contributed by atoms with E-state index >= 15 is 0 Å². The standard InChI is InChI=1S/C24H32N4O4/c1-3-11-28(23(31)32)19-14-17(2)21(25-15-19)26-12-4-9-24(16-26)10-13-27(22(24)30)18-5-7-20(29)8-6-18/h1,14-15,18,20,29H,4-13,16H2,2H3,(H,31,32)/t18?,20?,24-/m1/s1. The van der Waals surface area contributed by atoms with Gasteiger partial charge in [-0.15, -0.1) is 6.42 Å². The van der Waals surface area contributed by atoms with Crippen molar-refractivity contribution in [3.05, 3.63) is 17.8 Å². The maximum atomic E-state index is 13.5. The number of hydrogen-bond donors (Lipinski definition) is 2. The van der Waals surface area contributed by atoms with Crippen LogP contribution in [0, 0.1) is 24.7 Å². The number of aliphatic hydroxyl groups is 1. The lowest BCUT2D eigenvalue weighted by atomic mass is 9.78. The van der Waals surface area contributed by atoms with Crippen molar-refractivity contribution < 1.29 is 19.8 Å². The summed E-state index contributed by atoms with van der Waals surface area (Å²) in [4.78, 5) is 35.0. The Labute approximate surface area is 189 Å². The number of aromatic nitrogens is 1. The third kappa shape index (κ3) is 4.14. The van der Waals surface area contributed by atoms with Crippen molar-refractivity contribution in [1.29, 1.82) is 0 Å². The molecule has 2 aliphatic heterocycles. The Hall–Kier alpha value is -2.79. The average molecular weight is 441 g/mol. The van der Waals surface area contributed by atoms with E-state index in [4.69, 9.17) is 6.42 Å². The number of carbonyl (C=O) groups is 2. The number of hydrogen-bond acceptors (Lipinski definition) is 5. The quantitative estimate of drug-likeness (QED) is 0.699. The van der Waals surface area contributed by atoms with E-state index in [1.165, 1.54) is 0 Å². The first-order valence-electron chi connectivity index (χ1n) is 11.5. The molecule has 1 aromatic heterocycles. The van der Waals surface area contributed by atoms with Gasteiger partial charge >= 0.3 is 6.09 Å². The molecule has 2 N–H and O–H groups in total. The molecule has 0 radical (unpaired) electrons. The number of terminal acetylenes is 1. The highest BCUT2D eigenvalue weighted by atomic mass is 16.4. The molecule has 8 heteroatoms. The van der Waals surface area contributed by atoms with Crippen molar-refractivity contribution in [2.75, 3.05) is 36.0 Å². The highest BCUT2D eigenvalue weighted by Gasteiger charge is 2.50. The Morgan fingerprint density at radius 1 is 1.31 bits per heavy atom. The summed E-state index contributed by atoms with van der Waals surface area (Å²) in [5, 5.41) is 19.2. The minimum atomic E-state index is -1.11. The van der Waals surface area contributed by atoms with Gasteiger partial charge < -0.3 is 20.0 Å². The van der Waals surface area contributed by atoms with Crippen molar-refractivity contribution in [2.45, 2.75) is 64.0 Å². The first-order valence-corrected chi connectivity index (χ1v) is 11.5. The molecule has 2 saturated heterocycles. The number of carbonyl (C=O) groups excluding carboxylic acids is 1. The number of carboxylic acid groups (broad SMARTS) is 1. The molecule has 1 spiro atoms. The molecule has 32 heavy (non-hydrogen) atoms. The van der Waals surface area contributed by atoms with Gasteiger partial charge in [-0.05, 0) is 63.5 Å². The van der Waals surface area contributed by atoms with Gasteiger partial charge in [-0.1, -0.05) is 5.92 Å². The Morgan fingerprint density at radius 2 is 2.06 bits per heavy atom. The van der Waals surface area contributed by atoms with Crippen molar-refractivity contribution in [2.24, 2.45) is 5.41 Å². The molecule has 1 aliphatic carbocycles. The van der Waals surface area contributed by atoms with Gasteiger partial charge in [0.2, 0.25) is 5.91 Å². The molecule has 1 atom stereocenters. The first-order chi connectivity index (χ1) is 15.3. The van der Waals surface area contributed by atoms with Gasteiger partial charge in [0.05, 0.1) is 29.9 Å². The van der Waals surface area contributed by atoms with Crippen LogP contribution < -0.4 is 9.80 Å². The highest BCUT2D eigenvalue weighted by molar-refractivity contribution is 5.87. The summed E-state index contributed by atoms with van der Waals surface area (Å²) in [5.41, 5.74) is 0.940. The molecular weight excluding hydrogens is 408 g/mol. The summed E-state index contributed by atoms with van der Waals surface area (Å²) in [6.07, 6.45) is 11.5. The van der Waals surface area contributed by atoms with E-state index in [1.807, 2.05) is 6.92 Å². The maximum absolute atomic E-state index is 13.5. The van der Waals surface area contributed by atoms with Crippen molar-refractivity contribution in [1.82, 2.24) is 9.88 Å². The van der Waals surface area contributed by atoms with Crippen LogP contribution in [0.2, 0.25) is 0 Å². The lowest BCUT2D eigenvalue weighted by Crippen LogP contribution is -2.50. The maximum Gasteiger partial charge on any atom is 0.412 e. The fourth-order valence-electron chi connectivity index (χ4n) is 5.65. The predicted molar refractivity (Wildman–Crippen MR) is 122 cm³/mol. The van der Waals surface area contributed by atoms with Crippen LogP contribution in [0.5, 0.6) is 0 Å². The molecule has 4 rings (SSSR count). The molecule has 1 aromatic rings. The minimum absolute atomic E-state index is 0.0366. The molecule has 3 heterocycles. The summed E-state index contributed by atoms with van der Waals surface area (Å²) in [7, 11) is 0. The zero-order valence-electron chi connectivity index (χ0n) is 18.7. The Morgan fingerprint density at radius 3 is 2.72 bits per heavy atom. The Bertz CT molecular complexity index is 921. The van der Waals surface area contributed by atoms with Crippen LogP contribution in [-0.4, -0.2) is 70.4 Å². The highest BCUT2D eigenvalue weighted by Crippen LogP contribution is 2.43. The average Bonchev–Trinajstić information content (AvgIpc) is 3.07. The topological polar surface area (TPSA) is 97.2 Å². The lowest BCUT2D eigenvalue weighted by Gasteiger charge is -2.41. The molecule has 0 bridgehead atoms. The van der Waals surface area contributed by atoms with Crippen LogP contribution >= 0.6 is 0 Å². The number of aryl methyl sites for hydroxylation is 1. The largest absolute Gasteiger partial charge is 0.465 e. The fraction of sp³-hybridized carbons (Fsp3) is 0.625. The number of aliphatic hydroxyl groups excluding tert-OH is 1. The third-order valence-electron chi connectivity index (χ3n) is 7.36.